The lowest BCUT2D eigenvalue weighted by Crippen LogP contribution is -2.52. The van der Waals surface area contributed by atoms with Crippen LogP contribution in [0.4, 0.5) is 0 Å². The van der Waals surface area contributed by atoms with Crippen molar-refractivity contribution < 1.29 is 23.8 Å². The number of methoxy groups -OCH3 is 2. The Morgan fingerprint density at radius 1 is 0.972 bits per heavy atom. The second-order valence-corrected chi connectivity index (χ2v) is 9.69. The molecule has 1 atom stereocenters. The Bertz CT molecular complexity index is 1020. The topological polar surface area (TPSA) is 77.1 Å². The summed E-state index contributed by atoms with van der Waals surface area (Å²) in [5.41, 5.74) is 0.768. The minimum atomic E-state index is -0.655. The first kappa shape index (κ1) is 27.9. The Labute approximate surface area is 223 Å². The summed E-state index contributed by atoms with van der Waals surface area (Å²) in [4.78, 5) is 28.3. The molecule has 0 heterocycles. The lowest BCUT2D eigenvalue weighted by molar-refractivity contribution is -0.143. The third-order valence-electron chi connectivity index (χ3n) is 6.36. The molecule has 0 bridgehead atoms. The molecular weight excluding hydrogens is 503 g/mol. The quantitative estimate of drug-likeness (QED) is 0.401. The number of hydrogen-bond acceptors (Lipinski definition) is 5. The average Bonchev–Trinajstić information content (AvgIpc) is 2.89. The van der Waals surface area contributed by atoms with Gasteiger partial charge in [0.1, 0.15) is 23.3 Å². The zero-order valence-corrected chi connectivity index (χ0v) is 22.5. The first-order chi connectivity index (χ1) is 17.3. The molecule has 1 fully saturated rings. The van der Waals surface area contributed by atoms with E-state index < -0.39 is 6.04 Å². The van der Waals surface area contributed by atoms with Gasteiger partial charge in [0, 0.05) is 30.8 Å². The molecule has 7 nitrogen and oxygen atoms in total. The van der Waals surface area contributed by atoms with Crippen LogP contribution in [0.2, 0.25) is 10.0 Å². The van der Waals surface area contributed by atoms with Crippen LogP contribution in [0.3, 0.4) is 0 Å². The predicted molar refractivity (Wildman–Crippen MR) is 141 cm³/mol. The lowest BCUT2D eigenvalue weighted by atomic mass is 9.95. The first-order valence-corrected chi connectivity index (χ1v) is 13.0. The lowest BCUT2D eigenvalue weighted by Gasteiger charge is -2.32. The molecule has 2 amide bonds. The molecule has 1 aliphatic carbocycles. The van der Waals surface area contributed by atoms with E-state index in [2.05, 4.69) is 5.32 Å². The Hall–Kier alpha value is -2.64. The van der Waals surface area contributed by atoms with Gasteiger partial charge < -0.3 is 24.4 Å². The number of carbonyl (C=O) groups excluding carboxylic acids is 2. The number of amides is 2. The summed E-state index contributed by atoms with van der Waals surface area (Å²) in [7, 11) is 3.08. The standard InChI is InChI=1S/C27H34Cl2N2O5/c1-4-25(27(33)30-19-8-6-5-7-9-19)31(16-18-10-11-23(28)24(29)12-18)26(32)17-36-22-14-20(34-2)13-21(15-22)35-3/h10-15,19,25H,4-9,16-17H2,1-3H3,(H,30,33)/t25-/m0/s1. The van der Waals surface area contributed by atoms with Crippen molar-refractivity contribution in [2.24, 2.45) is 0 Å². The number of rotatable bonds is 11. The monoisotopic (exact) mass is 536 g/mol. The Morgan fingerprint density at radius 3 is 2.19 bits per heavy atom. The highest BCUT2D eigenvalue weighted by atomic mass is 35.5. The van der Waals surface area contributed by atoms with Gasteiger partial charge in [-0.3, -0.25) is 9.59 Å². The van der Waals surface area contributed by atoms with E-state index >= 15 is 0 Å². The molecule has 0 saturated heterocycles. The molecule has 0 unspecified atom stereocenters. The largest absolute Gasteiger partial charge is 0.496 e. The van der Waals surface area contributed by atoms with Crippen LogP contribution in [-0.4, -0.2) is 49.6 Å². The van der Waals surface area contributed by atoms with E-state index in [1.807, 2.05) is 6.92 Å². The van der Waals surface area contributed by atoms with E-state index in [0.29, 0.717) is 33.7 Å². The van der Waals surface area contributed by atoms with E-state index in [9.17, 15) is 9.59 Å². The van der Waals surface area contributed by atoms with Crippen molar-refractivity contribution in [3.8, 4) is 17.2 Å². The predicted octanol–water partition coefficient (Wildman–Crippen LogP) is 5.65. The van der Waals surface area contributed by atoms with Crippen LogP contribution >= 0.6 is 23.2 Å². The molecule has 9 heteroatoms. The molecule has 3 rings (SSSR count). The summed E-state index contributed by atoms with van der Waals surface area (Å²) < 4.78 is 16.4. The highest BCUT2D eigenvalue weighted by molar-refractivity contribution is 6.42. The number of carbonyl (C=O) groups is 2. The summed E-state index contributed by atoms with van der Waals surface area (Å²) >= 11 is 12.3. The molecular formula is C27H34Cl2N2O5. The molecule has 2 aromatic carbocycles. The highest BCUT2D eigenvalue weighted by Crippen LogP contribution is 2.28. The first-order valence-electron chi connectivity index (χ1n) is 12.2. The van der Waals surface area contributed by atoms with E-state index in [4.69, 9.17) is 37.4 Å². The molecule has 0 aliphatic heterocycles. The summed E-state index contributed by atoms with van der Waals surface area (Å²) in [6, 6.07) is 9.74. The summed E-state index contributed by atoms with van der Waals surface area (Å²) in [6.07, 6.45) is 5.78. The fourth-order valence-corrected chi connectivity index (χ4v) is 4.71. The molecule has 2 aromatic rings. The summed E-state index contributed by atoms with van der Waals surface area (Å²) in [5, 5.41) is 3.98. The van der Waals surface area contributed by atoms with Gasteiger partial charge in [0.15, 0.2) is 6.61 Å². The van der Waals surface area contributed by atoms with E-state index in [1.165, 1.54) is 6.42 Å². The van der Waals surface area contributed by atoms with Gasteiger partial charge in [0.05, 0.1) is 24.3 Å². The van der Waals surface area contributed by atoms with Gasteiger partial charge in [-0.05, 0) is 37.0 Å². The van der Waals surface area contributed by atoms with Crippen LogP contribution in [0, 0.1) is 0 Å². The van der Waals surface area contributed by atoms with Crippen molar-refractivity contribution in [2.45, 2.75) is 64.1 Å². The molecule has 0 aromatic heterocycles. The number of nitrogens with zero attached hydrogens (tertiary/aromatic N) is 1. The van der Waals surface area contributed by atoms with Crippen LogP contribution < -0.4 is 19.5 Å². The maximum atomic E-state index is 13.5. The normalized spacial score (nSPS) is 14.6. The smallest absolute Gasteiger partial charge is 0.261 e. The maximum Gasteiger partial charge on any atom is 0.261 e. The number of benzene rings is 2. The van der Waals surface area contributed by atoms with Crippen molar-refractivity contribution in [3.05, 3.63) is 52.0 Å². The van der Waals surface area contributed by atoms with Gasteiger partial charge in [-0.1, -0.05) is 55.5 Å². The zero-order valence-electron chi connectivity index (χ0n) is 21.0. The molecule has 0 radical (unpaired) electrons. The van der Waals surface area contributed by atoms with Crippen LogP contribution in [0.25, 0.3) is 0 Å². The zero-order chi connectivity index (χ0) is 26.1. The fraction of sp³-hybridized carbons (Fsp3) is 0.481. The third kappa shape index (κ3) is 7.68. The highest BCUT2D eigenvalue weighted by Gasteiger charge is 2.30. The van der Waals surface area contributed by atoms with Crippen LogP contribution in [-0.2, 0) is 16.1 Å². The van der Waals surface area contributed by atoms with Crippen LogP contribution in [0.15, 0.2) is 36.4 Å². The van der Waals surface area contributed by atoms with Gasteiger partial charge in [0.2, 0.25) is 5.91 Å². The molecule has 36 heavy (non-hydrogen) atoms. The van der Waals surface area contributed by atoms with Crippen LogP contribution in [0.1, 0.15) is 51.0 Å². The third-order valence-corrected chi connectivity index (χ3v) is 7.10. The Balaban J connectivity index is 1.80. The van der Waals surface area contributed by atoms with Crippen molar-refractivity contribution >= 4 is 35.0 Å². The molecule has 1 saturated carbocycles. The van der Waals surface area contributed by atoms with Crippen LogP contribution in [0.5, 0.6) is 17.2 Å². The fourth-order valence-electron chi connectivity index (χ4n) is 4.39. The minimum Gasteiger partial charge on any atom is -0.496 e. The van der Waals surface area contributed by atoms with E-state index in [1.54, 1.807) is 55.5 Å². The second kappa shape index (κ2) is 13.6. The van der Waals surface area contributed by atoms with Gasteiger partial charge in [0.25, 0.3) is 5.91 Å². The van der Waals surface area contributed by atoms with E-state index in [0.717, 1.165) is 31.2 Å². The molecule has 0 spiro atoms. The van der Waals surface area contributed by atoms with Gasteiger partial charge in [-0.2, -0.15) is 0 Å². The molecule has 1 N–H and O–H groups in total. The molecule has 1 aliphatic rings. The van der Waals surface area contributed by atoms with E-state index in [-0.39, 0.29) is 31.0 Å². The number of ether oxygens (including phenoxy) is 3. The van der Waals surface area contributed by atoms with Crippen molar-refractivity contribution in [1.29, 1.82) is 0 Å². The summed E-state index contributed by atoms with van der Waals surface area (Å²) in [6.45, 7) is 1.83. The molecule has 196 valence electrons. The van der Waals surface area contributed by atoms with Gasteiger partial charge in [-0.25, -0.2) is 0 Å². The van der Waals surface area contributed by atoms with Gasteiger partial charge in [-0.15, -0.1) is 0 Å². The summed E-state index contributed by atoms with van der Waals surface area (Å²) in [5.74, 6) is 1.04. The number of hydrogen-bond donors (Lipinski definition) is 1. The second-order valence-electron chi connectivity index (χ2n) is 8.87. The van der Waals surface area contributed by atoms with Crippen molar-refractivity contribution in [2.75, 3.05) is 20.8 Å². The Kier molecular flexibility index (Phi) is 10.6. The van der Waals surface area contributed by atoms with Gasteiger partial charge >= 0.3 is 0 Å². The maximum absolute atomic E-state index is 13.5. The number of halogens is 2. The average molecular weight is 537 g/mol. The number of nitrogens with one attached hydrogen (secondary N) is 1. The van der Waals surface area contributed by atoms with Crippen molar-refractivity contribution in [1.82, 2.24) is 10.2 Å². The van der Waals surface area contributed by atoms with Crippen molar-refractivity contribution in [3.63, 3.8) is 0 Å². The SMILES string of the molecule is CC[C@@H](C(=O)NC1CCCCC1)N(Cc1ccc(Cl)c(Cl)c1)C(=O)COc1cc(OC)cc(OC)c1. The Morgan fingerprint density at radius 2 is 1.61 bits per heavy atom. The minimum absolute atomic E-state index is 0.141.